The summed E-state index contributed by atoms with van der Waals surface area (Å²) in [7, 11) is 0. The van der Waals surface area contributed by atoms with Crippen molar-refractivity contribution in [2.45, 2.75) is 49.3 Å². The van der Waals surface area contributed by atoms with E-state index in [1.807, 2.05) is 6.92 Å². The lowest BCUT2D eigenvalue weighted by atomic mass is 10.2. The van der Waals surface area contributed by atoms with Crippen LogP contribution in [0.2, 0.25) is 0 Å². The second-order valence-electron chi connectivity index (χ2n) is 7.30. The van der Waals surface area contributed by atoms with Crippen LogP contribution in [-0.4, -0.2) is 70.6 Å². The summed E-state index contributed by atoms with van der Waals surface area (Å²) in [6.45, 7) is 2.01. The SMILES string of the molecule is CCCSc1nc(N/N=C/c2ccc(F)c(F)c2)c2nnn([C@@H]3C[C@H](O)[C@@H](O)[C@H]3O)c2n1. The summed E-state index contributed by atoms with van der Waals surface area (Å²) in [6.07, 6.45) is -1.36. The first-order valence-corrected chi connectivity index (χ1v) is 10.9. The third kappa shape index (κ3) is 4.41. The summed E-state index contributed by atoms with van der Waals surface area (Å²) in [6, 6.07) is 2.66. The number of aromatic nitrogens is 5. The molecule has 1 fully saturated rings. The molecule has 4 atom stereocenters. The van der Waals surface area contributed by atoms with Crippen molar-refractivity contribution in [3.63, 3.8) is 0 Å². The van der Waals surface area contributed by atoms with Crippen LogP contribution < -0.4 is 5.43 Å². The van der Waals surface area contributed by atoms with Crippen LogP contribution in [0.15, 0.2) is 28.5 Å². The van der Waals surface area contributed by atoms with Crippen molar-refractivity contribution in [1.29, 1.82) is 0 Å². The average molecular weight is 465 g/mol. The molecule has 1 saturated carbocycles. The Labute approximate surface area is 185 Å². The third-order valence-corrected chi connectivity index (χ3v) is 6.05. The largest absolute Gasteiger partial charge is 0.390 e. The molecule has 0 aliphatic heterocycles. The topological polar surface area (TPSA) is 142 Å². The molecule has 1 aliphatic rings. The molecule has 4 N–H and O–H groups in total. The Hall–Kier alpha value is -2.74. The second kappa shape index (κ2) is 9.40. The number of halogens is 2. The number of aliphatic hydroxyl groups excluding tert-OH is 3. The molecule has 13 heteroatoms. The monoisotopic (exact) mass is 465 g/mol. The van der Waals surface area contributed by atoms with Gasteiger partial charge in [0.25, 0.3) is 0 Å². The molecule has 1 aliphatic carbocycles. The molecule has 3 aromatic rings. The first-order valence-electron chi connectivity index (χ1n) is 9.93. The number of rotatable bonds is 7. The van der Waals surface area contributed by atoms with E-state index in [1.54, 1.807) is 0 Å². The van der Waals surface area contributed by atoms with Gasteiger partial charge >= 0.3 is 0 Å². The normalized spacial score (nSPS) is 23.4. The number of thioether (sulfide) groups is 1. The summed E-state index contributed by atoms with van der Waals surface area (Å²) in [5.41, 5.74) is 3.63. The molecule has 1 aromatic carbocycles. The number of hydrogen-bond acceptors (Lipinski definition) is 10. The number of aliphatic hydroxyl groups is 3. The highest BCUT2D eigenvalue weighted by atomic mass is 32.2. The Morgan fingerprint density at radius 3 is 2.72 bits per heavy atom. The minimum atomic E-state index is -1.30. The number of fused-ring (bicyclic) bond motifs is 1. The maximum atomic E-state index is 13.4. The van der Waals surface area contributed by atoms with Crippen LogP contribution in [0, 0.1) is 11.6 Å². The van der Waals surface area contributed by atoms with Crippen LogP contribution in [0.3, 0.4) is 0 Å². The summed E-state index contributed by atoms with van der Waals surface area (Å²) in [4.78, 5) is 8.89. The van der Waals surface area contributed by atoms with E-state index in [9.17, 15) is 24.1 Å². The molecule has 4 rings (SSSR count). The number of anilines is 1. The highest BCUT2D eigenvalue weighted by molar-refractivity contribution is 7.99. The molecule has 10 nitrogen and oxygen atoms in total. The van der Waals surface area contributed by atoms with Gasteiger partial charge in [0.2, 0.25) is 0 Å². The summed E-state index contributed by atoms with van der Waals surface area (Å²) < 4.78 is 27.8. The van der Waals surface area contributed by atoms with Crippen LogP contribution in [0.5, 0.6) is 0 Å². The lowest BCUT2D eigenvalue weighted by Crippen LogP contribution is -2.31. The zero-order chi connectivity index (χ0) is 22.8. The standard InChI is InChI=1S/C19H21F2N7O3S/c1-2-5-32-19-23-17(26-22-8-9-3-4-10(20)11(21)6-9)14-18(24-19)28(27-25-14)12-7-13(29)16(31)15(12)30/h3-4,6,8,12-13,15-16,29-31H,2,5,7H2,1H3,(H,23,24,26)/b22-8+/t12-,13+,15+,16-/m1/s1. The fraction of sp³-hybridized carbons (Fsp3) is 0.421. The zero-order valence-corrected chi connectivity index (χ0v) is 17.7. The number of hydrogen-bond donors (Lipinski definition) is 4. The predicted molar refractivity (Wildman–Crippen MR) is 113 cm³/mol. The Balaban J connectivity index is 1.67. The van der Waals surface area contributed by atoms with Crippen molar-refractivity contribution in [2.24, 2.45) is 5.10 Å². The van der Waals surface area contributed by atoms with Gasteiger partial charge in [-0.2, -0.15) is 5.10 Å². The first kappa shape index (κ1) is 22.5. The van der Waals surface area contributed by atoms with E-state index in [0.29, 0.717) is 16.4 Å². The van der Waals surface area contributed by atoms with Gasteiger partial charge in [0.15, 0.2) is 33.8 Å². The van der Waals surface area contributed by atoms with E-state index in [2.05, 4.69) is 30.8 Å². The maximum absolute atomic E-state index is 13.4. The molecule has 2 heterocycles. The zero-order valence-electron chi connectivity index (χ0n) is 16.9. The molecule has 0 unspecified atom stereocenters. The van der Waals surface area contributed by atoms with Gasteiger partial charge in [-0.15, -0.1) is 5.10 Å². The Morgan fingerprint density at radius 1 is 1.22 bits per heavy atom. The highest BCUT2D eigenvalue weighted by Crippen LogP contribution is 2.33. The smallest absolute Gasteiger partial charge is 0.191 e. The van der Waals surface area contributed by atoms with E-state index < -0.39 is 36.0 Å². The van der Waals surface area contributed by atoms with E-state index in [4.69, 9.17) is 0 Å². The number of nitrogens with one attached hydrogen (secondary N) is 1. The van der Waals surface area contributed by atoms with Crippen molar-refractivity contribution in [1.82, 2.24) is 25.0 Å². The van der Waals surface area contributed by atoms with Crippen LogP contribution in [-0.2, 0) is 0 Å². The van der Waals surface area contributed by atoms with E-state index >= 15 is 0 Å². The van der Waals surface area contributed by atoms with Gasteiger partial charge in [0, 0.05) is 12.2 Å². The number of nitrogens with zero attached hydrogens (tertiary/aromatic N) is 6. The van der Waals surface area contributed by atoms with E-state index in [-0.39, 0.29) is 17.8 Å². The van der Waals surface area contributed by atoms with E-state index in [1.165, 1.54) is 28.7 Å². The Bertz CT molecular complexity index is 1150. The van der Waals surface area contributed by atoms with Crippen molar-refractivity contribution in [3.05, 3.63) is 35.4 Å². The van der Waals surface area contributed by atoms with Crippen molar-refractivity contribution >= 4 is 35.0 Å². The molecule has 32 heavy (non-hydrogen) atoms. The minimum absolute atomic E-state index is 0.0826. The van der Waals surface area contributed by atoms with Gasteiger partial charge < -0.3 is 15.3 Å². The van der Waals surface area contributed by atoms with Gasteiger partial charge in [0.1, 0.15) is 12.2 Å². The highest BCUT2D eigenvalue weighted by Gasteiger charge is 2.43. The molecule has 170 valence electrons. The predicted octanol–water partition coefficient (Wildman–Crippen LogP) is 1.48. The summed E-state index contributed by atoms with van der Waals surface area (Å²) in [5, 5.41) is 42.7. The van der Waals surface area contributed by atoms with Crippen LogP contribution in [0.1, 0.15) is 31.4 Å². The Kier molecular flexibility index (Phi) is 6.60. The fourth-order valence-corrected chi connectivity index (χ4v) is 4.05. The first-order chi connectivity index (χ1) is 15.4. The van der Waals surface area contributed by atoms with Gasteiger partial charge in [-0.05, 0) is 24.1 Å². The molecule has 0 amide bonds. The molecule has 0 bridgehead atoms. The molecule has 2 aromatic heterocycles. The maximum Gasteiger partial charge on any atom is 0.191 e. The van der Waals surface area contributed by atoms with Crippen LogP contribution in [0.25, 0.3) is 11.2 Å². The lowest BCUT2D eigenvalue weighted by Gasteiger charge is -2.16. The van der Waals surface area contributed by atoms with E-state index in [0.717, 1.165) is 24.3 Å². The second-order valence-corrected chi connectivity index (χ2v) is 8.37. The number of benzene rings is 1. The van der Waals surface area contributed by atoms with Gasteiger partial charge in [-0.3, -0.25) is 5.43 Å². The average Bonchev–Trinajstić information content (AvgIpc) is 3.31. The fourth-order valence-electron chi connectivity index (χ4n) is 3.36. The Morgan fingerprint density at radius 2 is 2.03 bits per heavy atom. The minimum Gasteiger partial charge on any atom is -0.390 e. The number of hydrazone groups is 1. The molecular formula is C19H21F2N7O3S. The molecule has 0 saturated heterocycles. The molecule has 0 radical (unpaired) electrons. The van der Waals surface area contributed by atoms with Crippen LogP contribution >= 0.6 is 11.8 Å². The van der Waals surface area contributed by atoms with Crippen molar-refractivity contribution < 1.29 is 24.1 Å². The molecule has 0 spiro atoms. The van der Waals surface area contributed by atoms with Gasteiger partial charge in [-0.25, -0.2) is 23.4 Å². The quantitative estimate of drug-likeness (QED) is 0.177. The van der Waals surface area contributed by atoms with Crippen molar-refractivity contribution in [2.75, 3.05) is 11.2 Å². The van der Waals surface area contributed by atoms with Gasteiger partial charge in [0.05, 0.1) is 18.4 Å². The van der Waals surface area contributed by atoms with Crippen LogP contribution in [0.4, 0.5) is 14.6 Å². The van der Waals surface area contributed by atoms with Gasteiger partial charge in [-0.1, -0.05) is 30.0 Å². The third-order valence-electron chi connectivity index (χ3n) is 5.00. The lowest BCUT2D eigenvalue weighted by molar-refractivity contribution is -0.0253. The summed E-state index contributed by atoms with van der Waals surface area (Å²) in [5.74, 6) is -0.953. The summed E-state index contributed by atoms with van der Waals surface area (Å²) >= 11 is 1.40. The molecular weight excluding hydrogens is 444 g/mol. The van der Waals surface area contributed by atoms with Crippen molar-refractivity contribution in [3.8, 4) is 0 Å².